The van der Waals surface area contributed by atoms with Crippen LogP contribution in [0.25, 0.3) is 5.82 Å². The normalized spacial score (nSPS) is 16.6. The molecule has 1 saturated heterocycles. The molecule has 0 bridgehead atoms. The highest BCUT2D eigenvalue weighted by Crippen LogP contribution is 2.10. The van der Waals surface area contributed by atoms with Gasteiger partial charge in [0.05, 0.1) is 0 Å². The third-order valence-corrected chi connectivity index (χ3v) is 4.63. The average molecular weight is 390 g/mol. The molecule has 1 aliphatic rings. The maximum atomic E-state index is 12.0. The topological polar surface area (TPSA) is 71.8 Å². The molecule has 2 N–H and O–H groups in total. The molecule has 0 aliphatic carbocycles. The second-order valence-electron chi connectivity index (χ2n) is 5.20. The quantitative estimate of drug-likeness (QED) is 0.815. The molecule has 132 valence electrons. The van der Waals surface area contributed by atoms with Crippen LogP contribution < -0.4 is 10.6 Å². The molecule has 24 heavy (non-hydrogen) atoms. The predicted octanol–water partition coefficient (Wildman–Crippen LogP) is 1.82. The second kappa shape index (κ2) is 10.6. The van der Waals surface area contributed by atoms with Crippen molar-refractivity contribution in [2.45, 2.75) is 19.0 Å². The fourth-order valence-corrected chi connectivity index (χ4v) is 3.30. The predicted molar refractivity (Wildman–Crippen MR) is 101 cm³/mol. The number of amides is 1. The van der Waals surface area contributed by atoms with Gasteiger partial charge in [-0.1, -0.05) is 0 Å². The number of nitrogens with zero attached hydrogens (tertiary/aromatic N) is 3. The molecule has 0 radical (unpaired) electrons. The molecule has 2 aromatic heterocycles. The Morgan fingerprint density at radius 3 is 3.00 bits per heavy atom. The SMILES string of the molecule is Cl.Cl.O=C(CC1CSCCN1)NCc1ccnc(-n2ccnc2)c1. The molecule has 0 spiro atoms. The number of aromatic nitrogens is 3. The summed E-state index contributed by atoms with van der Waals surface area (Å²) in [5.74, 6) is 3.02. The van der Waals surface area contributed by atoms with Crippen LogP contribution in [-0.2, 0) is 11.3 Å². The Bertz CT molecular complexity index is 620. The Labute approximate surface area is 158 Å². The molecule has 0 saturated carbocycles. The largest absolute Gasteiger partial charge is 0.352 e. The first-order chi connectivity index (χ1) is 10.8. The van der Waals surface area contributed by atoms with Crippen molar-refractivity contribution in [3.8, 4) is 5.82 Å². The van der Waals surface area contributed by atoms with Crippen molar-refractivity contribution in [3.05, 3.63) is 42.6 Å². The summed E-state index contributed by atoms with van der Waals surface area (Å²) >= 11 is 1.90. The third kappa shape index (κ3) is 5.98. The maximum absolute atomic E-state index is 12.0. The number of thioether (sulfide) groups is 1. The Morgan fingerprint density at radius 1 is 1.42 bits per heavy atom. The maximum Gasteiger partial charge on any atom is 0.221 e. The van der Waals surface area contributed by atoms with E-state index in [-0.39, 0.29) is 36.8 Å². The smallest absolute Gasteiger partial charge is 0.221 e. The molecule has 1 amide bonds. The standard InChI is InChI=1S/C15H19N5OS.2ClH/c21-15(8-13-10-22-6-4-17-13)19-9-12-1-2-18-14(7-12)20-5-3-16-11-20;;/h1-3,5,7,11,13,17H,4,6,8-10H2,(H,19,21);2*1H. The number of hydrogen-bond donors (Lipinski definition) is 2. The van der Waals surface area contributed by atoms with Crippen molar-refractivity contribution in [1.82, 2.24) is 25.2 Å². The summed E-state index contributed by atoms with van der Waals surface area (Å²) in [6.45, 7) is 1.50. The van der Waals surface area contributed by atoms with Crippen molar-refractivity contribution in [2.24, 2.45) is 0 Å². The van der Waals surface area contributed by atoms with E-state index in [9.17, 15) is 4.79 Å². The number of rotatable bonds is 5. The van der Waals surface area contributed by atoms with Crippen molar-refractivity contribution >= 4 is 42.5 Å². The van der Waals surface area contributed by atoms with Crippen LogP contribution >= 0.6 is 36.6 Å². The molecular formula is C15H21Cl2N5OS. The van der Waals surface area contributed by atoms with Gasteiger partial charge in [0.2, 0.25) is 5.91 Å². The van der Waals surface area contributed by atoms with E-state index in [1.807, 2.05) is 34.7 Å². The fourth-order valence-electron chi connectivity index (χ4n) is 2.35. The lowest BCUT2D eigenvalue weighted by Gasteiger charge is -2.22. The Kier molecular flexibility index (Phi) is 9.13. The van der Waals surface area contributed by atoms with Gasteiger partial charge in [0.15, 0.2) is 0 Å². The molecule has 2 aromatic rings. The Balaban J connectivity index is 0.00000144. The van der Waals surface area contributed by atoms with Crippen LogP contribution in [0.3, 0.4) is 0 Å². The Hall–Kier alpha value is -1.28. The summed E-state index contributed by atoms with van der Waals surface area (Å²) < 4.78 is 1.84. The van der Waals surface area contributed by atoms with Crippen molar-refractivity contribution in [2.75, 3.05) is 18.1 Å². The molecule has 6 nitrogen and oxygen atoms in total. The van der Waals surface area contributed by atoms with Crippen LogP contribution in [0, 0.1) is 0 Å². The lowest BCUT2D eigenvalue weighted by Crippen LogP contribution is -2.41. The molecule has 1 fully saturated rings. The van der Waals surface area contributed by atoms with Gasteiger partial charge in [0.1, 0.15) is 12.1 Å². The highest BCUT2D eigenvalue weighted by atomic mass is 35.5. The van der Waals surface area contributed by atoms with Gasteiger partial charge in [-0.25, -0.2) is 9.97 Å². The summed E-state index contributed by atoms with van der Waals surface area (Å²) in [6.07, 6.45) is 7.54. The van der Waals surface area contributed by atoms with E-state index in [0.29, 0.717) is 13.0 Å². The average Bonchev–Trinajstić information content (AvgIpc) is 3.09. The van der Waals surface area contributed by atoms with Crippen LogP contribution in [0.15, 0.2) is 37.1 Å². The first-order valence-corrected chi connectivity index (χ1v) is 8.48. The van der Waals surface area contributed by atoms with Crippen LogP contribution in [-0.4, -0.2) is 44.5 Å². The van der Waals surface area contributed by atoms with Gasteiger partial charge >= 0.3 is 0 Å². The zero-order valence-electron chi connectivity index (χ0n) is 13.1. The Morgan fingerprint density at radius 2 is 2.29 bits per heavy atom. The summed E-state index contributed by atoms with van der Waals surface area (Å²) in [6, 6.07) is 4.16. The van der Waals surface area contributed by atoms with Gasteiger partial charge < -0.3 is 10.6 Å². The first kappa shape index (κ1) is 20.8. The van der Waals surface area contributed by atoms with E-state index in [1.54, 1.807) is 18.7 Å². The fraction of sp³-hybridized carbons (Fsp3) is 0.400. The monoisotopic (exact) mass is 389 g/mol. The summed E-state index contributed by atoms with van der Waals surface area (Å²) in [5.41, 5.74) is 1.03. The lowest BCUT2D eigenvalue weighted by atomic mass is 10.2. The minimum Gasteiger partial charge on any atom is -0.352 e. The van der Waals surface area contributed by atoms with Gasteiger partial charge in [0.25, 0.3) is 0 Å². The number of pyridine rings is 1. The molecule has 1 unspecified atom stereocenters. The van der Waals surface area contributed by atoms with Crippen molar-refractivity contribution in [3.63, 3.8) is 0 Å². The minimum absolute atomic E-state index is 0. The first-order valence-electron chi connectivity index (χ1n) is 7.32. The van der Waals surface area contributed by atoms with E-state index < -0.39 is 0 Å². The van der Waals surface area contributed by atoms with Crippen LogP contribution in [0.2, 0.25) is 0 Å². The number of hydrogen-bond acceptors (Lipinski definition) is 5. The highest BCUT2D eigenvalue weighted by Gasteiger charge is 2.16. The second-order valence-corrected chi connectivity index (χ2v) is 6.35. The minimum atomic E-state index is 0. The molecule has 3 rings (SSSR count). The van der Waals surface area contributed by atoms with E-state index in [2.05, 4.69) is 20.6 Å². The number of halogens is 2. The van der Waals surface area contributed by atoms with E-state index in [4.69, 9.17) is 0 Å². The summed E-state index contributed by atoms with van der Waals surface area (Å²) in [7, 11) is 0. The lowest BCUT2D eigenvalue weighted by molar-refractivity contribution is -0.121. The molecule has 3 heterocycles. The molecule has 0 aromatic carbocycles. The number of nitrogens with one attached hydrogen (secondary N) is 2. The summed E-state index contributed by atoms with van der Waals surface area (Å²) in [4.78, 5) is 20.3. The van der Waals surface area contributed by atoms with Crippen LogP contribution in [0.1, 0.15) is 12.0 Å². The zero-order valence-corrected chi connectivity index (χ0v) is 15.5. The van der Waals surface area contributed by atoms with Gasteiger partial charge in [0, 0.05) is 55.6 Å². The third-order valence-electron chi connectivity index (χ3n) is 3.50. The molecule has 9 heteroatoms. The van der Waals surface area contributed by atoms with Gasteiger partial charge in [-0.2, -0.15) is 11.8 Å². The number of carbonyl (C=O) groups is 1. The van der Waals surface area contributed by atoms with E-state index >= 15 is 0 Å². The number of imidazole rings is 1. The van der Waals surface area contributed by atoms with Gasteiger partial charge in [-0.05, 0) is 17.7 Å². The highest BCUT2D eigenvalue weighted by molar-refractivity contribution is 7.99. The summed E-state index contributed by atoms with van der Waals surface area (Å²) in [5, 5.41) is 6.35. The number of carbonyl (C=O) groups excluding carboxylic acids is 1. The molecule has 1 atom stereocenters. The van der Waals surface area contributed by atoms with E-state index in [1.165, 1.54) is 0 Å². The molecule has 1 aliphatic heterocycles. The van der Waals surface area contributed by atoms with Gasteiger partial charge in [-0.3, -0.25) is 9.36 Å². The van der Waals surface area contributed by atoms with Gasteiger partial charge in [-0.15, -0.1) is 24.8 Å². The van der Waals surface area contributed by atoms with Crippen molar-refractivity contribution in [1.29, 1.82) is 0 Å². The van der Waals surface area contributed by atoms with Crippen LogP contribution in [0.5, 0.6) is 0 Å². The van der Waals surface area contributed by atoms with E-state index in [0.717, 1.165) is 29.4 Å². The zero-order chi connectivity index (χ0) is 15.2. The van der Waals surface area contributed by atoms with Crippen LogP contribution in [0.4, 0.5) is 0 Å². The van der Waals surface area contributed by atoms with Crippen molar-refractivity contribution < 1.29 is 4.79 Å². The molecular weight excluding hydrogens is 369 g/mol.